The van der Waals surface area contributed by atoms with Crippen LogP contribution in [0, 0.1) is 0 Å². The van der Waals surface area contributed by atoms with E-state index in [2.05, 4.69) is 67.7 Å². The molecule has 0 amide bonds. The SMILES string of the molecule is Nc1cnc(Br)cn1.Nc1ncc(Br)nc1Br. The fourth-order valence-electron chi connectivity index (χ4n) is 0.678. The quantitative estimate of drug-likeness (QED) is 0.670. The predicted octanol–water partition coefficient (Wildman–Crippen LogP) is 2.41. The summed E-state index contributed by atoms with van der Waals surface area (Å²) < 4.78 is 1.94. The van der Waals surface area contributed by atoms with Crippen molar-refractivity contribution in [3.8, 4) is 0 Å². The average Bonchev–Trinajstić information content (AvgIpc) is 2.29. The van der Waals surface area contributed by atoms with Crippen molar-refractivity contribution in [3.63, 3.8) is 0 Å². The minimum absolute atomic E-state index is 0.401. The molecule has 0 saturated heterocycles. The van der Waals surface area contributed by atoms with E-state index < -0.39 is 0 Å². The van der Waals surface area contributed by atoms with Gasteiger partial charge in [0.1, 0.15) is 19.6 Å². The highest BCUT2D eigenvalue weighted by Crippen LogP contribution is 2.15. The lowest BCUT2D eigenvalue weighted by Gasteiger charge is -1.93. The Hall–Kier alpha value is -0.800. The molecular formula is C8H7Br3N6. The summed E-state index contributed by atoms with van der Waals surface area (Å²) >= 11 is 9.37. The third-order valence-electron chi connectivity index (χ3n) is 1.37. The maximum atomic E-state index is 5.35. The monoisotopic (exact) mass is 424 g/mol. The minimum Gasteiger partial charge on any atom is -0.382 e. The summed E-state index contributed by atoms with van der Waals surface area (Å²) in [5.41, 5.74) is 10.6. The normalized spacial score (nSPS) is 9.35. The zero-order chi connectivity index (χ0) is 12.8. The molecule has 0 atom stereocenters. The Morgan fingerprint density at radius 1 is 0.824 bits per heavy atom. The molecule has 2 rings (SSSR count). The van der Waals surface area contributed by atoms with Gasteiger partial charge in [-0.05, 0) is 47.8 Å². The molecule has 4 N–H and O–H groups in total. The second-order valence-electron chi connectivity index (χ2n) is 2.63. The van der Waals surface area contributed by atoms with Gasteiger partial charge in [-0.25, -0.2) is 19.9 Å². The van der Waals surface area contributed by atoms with E-state index in [9.17, 15) is 0 Å². The number of aromatic nitrogens is 4. The van der Waals surface area contributed by atoms with Crippen LogP contribution in [0.1, 0.15) is 0 Å². The number of hydrogen-bond acceptors (Lipinski definition) is 6. The first-order valence-corrected chi connectivity index (χ1v) is 6.53. The van der Waals surface area contributed by atoms with Crippen LogP contribution < -0.4 is 11.5 Å². The molecule has 90 valence electrons. The molecule has 0 saturated carbocycles. The first-order valence-electron chi connectivity index (χ1n) is 4.15. The van der Waals surface area contributed by atoms with E-state index >= 15 is 0 Å². The molecule has 0 aliphatic carbocycles. The van der Waals surface area contributed by atoms with Crippen LogP contribution in [-0.4, -0.2) is 19.9 Å². The number of hydrogen-bond donors (Lipinski definition) is 2. The summed E-state index contributed by atoms with van der Waals surface area (Å²) in [6.07, 6.45) is 4.58. The van der Waals surface area contributed by atoms with Gasteiger partial charge in [-0.15, -0.1) is 0 Å². The molecule has 6 nitrogen and oxygen atoms in total. The summed E-state index contributed by atoms with van der Waals surface area (Å²) in [5, 5.41) is 0. The van der Waals surface area contributed by atoms with Gasteiger partial charge in [0.2, 0.25) is 0 Å². The van der Waals surface area contributed by atoms with Gasteiger partial charge in [-0.3, -0.25) is 0 Å². The van der Waals surface area contributed by atoms with Gasteiger partial charge < -0.3 is 11.5 Å². The third-order valence-corrected chi connectivity index (χ3v) is 2.74. The van der Waals surface area contributed by atoms with Gasteiger partial charge in [0.05, 0.1) is 18.6 Å². The first kappa shape index (κ1) is 14.3. The van der Waals surface area contributed by atoms with Gasteiger partial charge >= 0.3 is 0 Å². The van der Waals surface area contributed by atoms with Crippen LogP contribution in [-0.2, 0) is 0 Å². The van der Waals surface area contributed by atoms with Crippen LogP contribution in [0.25, 0.3) is 0 Å². The molecular weight excluding hydrogens is 420 g/mol. The minimum atomic E-state index is 0.401. The van der Waals surface area contributed by atoms with Gasteiger partial charge in [0.15, 0.2) is 5.82 Å². The van der Waals surface area contributed by atoms with Crippen molar-refractivity contribution in [1.29, 1.82) is 0 Å². The van der Waals surface area contributed by atoms with Gasteiger partial charge in [-0.2, -0.15) is 0 Å². The Labute approximate surface area is 123 Å². The Bertz CT molecular complexity index is 468. The van der Waals surface area contributed by atoms with Gasteiger partial charge in [-0.1, -0.05) is 0 Å². The van der Waals surface area contributed by atoms with Crippen LogP contribution in [0.3, 0.4) is 0 Å². The summed E-state index contributed by atoms with van der Waals surface area (Å²) in [6.45, 7) is 0. The van der Waals surface area contributed by atoms with E-state index in [0.717, 1.165) is 0 Å². The molecule has 0 fully saturated rings. The fourth-order valence-corrected chi connectivity index (χ4v) is 1.69. The van der Waals surface area contributed by atoms with E-state index in [-0.39, 0.29) is 0 Å². The largest absolute Gasteiger partial charge is 0.382 e. The molecule has 0 radical (unpaired) electrons. The molecule has 2 aromatic heterocycles. The lowest BCUT2D eigenvalue weighted by Crippen LogP contribution is -1.92. The lowest BCUT2D eigenvalue weighted by atomic mass is 10.7. The number of nitrogen functional groups attached to an aromatic ring is 2. The van der Waals surface area contributed by atoms with E-state index in [1.165, 1.54) is 6.20 Å². The van der Waals surface area contributed by atoms with Gasteiger partial charge in [0.25, 0.3) is 0 Å². The molecule has 0 unspecified atom stereocenters. The Kier molecular flexibility index (Phi) is 5.72. The molecule has 0 aliphatic heterocycles. The highest BCUT2D eigenvalue weighted by atomic mass is 79.9. The Morgan fingerprint density at radius 3 is 1.88 bits per heavy atom. The zero-order valence-corrected chi connectivity index (χ0v) is 13.1. The van der Waals surface area contributed by atoms with E-state index in [1.54, 1.807) is 12.4 Å². The van der Waals surface area contributed by atoms with Crippen LogP contribution in [0.2, 0.25) is 0 Å². The molecule has 2 aromatic rings. The van der Waals surface area contributed by atoms with Crippen molar-refractivity contribution < 1.29 is 0 Å². The molecule has 0 aromatic carbocycles. The molecule has 0 bridgehead atoms. The van der Waals surface area contributed by atoms with E-state index in [1.807, 2.05) is 0 Å². The Balaban J connectivity index is 0.000000171. The smallest absolute Gasteiger partial charge is 0.156 e. The van der Waals surface area contributed by atoms with Crippen LogP contribution in [0.5, 0.6) is 0 Å². The number of rotatable bonds is 0. The highest BCUT2D eigenvalue weighted by Gasteiger charge is 1.96. The average molecular weight is 427 g/mol. The number of nitrogens with zero attached hydrogens (tertiary/aromatic N) is 4. The predicted molar refractivity (Wildman–Crippen MR) is 76.0 cm³/mol. The number of halogens is 3. The highest BCUT2D eigenvalue weighted by molar-refractivity contribution is 9.11. The summed E-state index contributed by atoms with van der Waals surface area (Å²) in [4.78, 5) is 15.3. The van der Waals surface area contributed by atoms with Crippen LogP contribution in [0.15, 0.2) is 32.4 Å². The van der Waals surface area contributed by atoms with Crippen molar-refractivity contribution in [3.05, 3.63) is 32.4 Å². The van der Waals surface area contributed by atoms with Crippen molar-refractivity contribution >= 4 is 59.4 Å². The number of nitrogens with two attached hydrogens (primary N) is 2. The van der Waals surface area contributed by atoms with Crippen LogP contribution >= 0.6 is 47.8 Å². The summed E-state index contributed by atoms with van der Waals surface area (Å²) in [5.74, 6) is 0.839. The molecule has 17 heavy (non-hydrogen) atoms. The maximum absolute atomic E-state index is 5.35. The van der Waals surface area contributed by atoms with E-state index in [0.29, 0.717) is 25.4 Å². The first-order chi connectivity index (χ1) is 7.99. The second-order valence-corrected chi connectivity index (χ2v) is 5.01. The number of anilines is 2. The molecule has 2 heterocycles. The second kappa shape index (κ2) is 6.82. The van der Waals surface area contributed by atoms with Crippen molar-refractivity contribution in [2.24, 2.45) is 0 Å². The third kappa shape index (κ3) is 5.37. The molecule has 0 spiro atoms. The van der Waals surface area contributed by atoms with Crippen molar-refractivity contribution in [2.75, 3.05) is 11.5 Å². The fraction of sp³-hybridized carbons (Fsp3) is 0. The summed E-state index contributed by atoms with van der Waals surface area (Å²) in [6, 6.07) is 0. The van der Waals surface area contributed by atoms with Crippen LogP contribution in [0.4, 0.5) is 11.6 Å². The topological polar surface area (TPSA) is 104 Å². The Morgan fingerprint density at radius 2 is 1.47 bits per heavy atom. The standard InChI is InChI=1S/C4H3Br2N3.C4H4BrN3/c5-2-1-8-4(7)3(6)9-2;5-3-1-8-4(6)2-7-3/h1H,(H2,7,8);1-2H,(H2,6,8). The summed E-state index contributed by atoms with van der Waals surface area (Å²) in [7, 11) is 0. The van der Waals surface area contributed by atoms with Crippen molar-refractivity contribution in [2.45, 2.75) is 0 Å². The van der Waals surface area contributed by atoms with Crippen molar-refractivity contribution in [1.82, 2.24) is 19.9 Å². The molecule has 9 heteroatoms. The van der Waals surface area contributed by atoms with E-state index in [4.69, 9.17) is 11.5 Å². The van der Waals surface area contributed by atoms with Gasteiger partial charge in [0, 0.05) is 0 Å². The molecule has 0 aliphatic rings. The lowest BCUT2D eigenvalue weighted by molar-refractivity contribution is 1.14. The maximum Gasteiger partial charge on any atom is 0.156 e. The zero-order valence-electron chi connectivity index (χ0n) is 8.31.